The van der Waals surface area contributed by atoms with Gasteiger partial charge in [0, 0.05) is 13.0 Å². The topological polar surface area (TPSA) is 47.0 Å². The summed E-state index contributed by atoms with van der Waals surface area (Å²) in [6.07, 6.45) is 4.19. The lowest BCUT2D eigenvalue weighted by Crippen LogP contribution is -2.10. The van der Waals surface area contributed by atoms with Gasteiger partial charge in [-0.25, -0.2) is 4.98 Å². The van der Waals surface area contributed by atoms with Crippen LogP contribution in [-0.2, 0) is 6.42 Å². The van der Waals surface area contributed by atoms with Crippen molar-refractivity contribution in [2.75, 3.05) is 18.5 Å². The fourth-order valence-electron chi connectivity index (χ4n) is 2.02. The van der Waals surface area contributed by atoms with Crippen LogP contribution in [0.2, 0.25) is 0 Å². The maximum atomic E-state index is 5.87. The van der Waals surface area contributed by atoms with E-state index in [1.165, 1.54) is 6.42 Å². The Bertz CT molecular complexity index is 405. The van der Waals surface area contributed by atoms with Crippen molar-refractivity contribution in [1.82, 2.24) is 9.97 Å². The van der Waals surface area contributed by atoms with Gasteiger partial charge >= 0.3 is 0 Å². The van der Waals surface area contributed by atoms with Crippen LogP contribution < -0.4 is 10.1 Å². The zero-order valence-corrected chi connectivity index (χ0v) is 13.6. The highest BCUT2D eigenvalue weighted by atomic mass is 16.5. The fraction of sp³-hybridized carbons (Fsp3) is 0.750. The molecule has 0 aliphatic carbocycles. The Labute approximate surface area is 123 Å². The monoisotopic (exact) mass is 279 g/mol. The summed E-state index contributed by atoms with van der Waals surface area (Å²) in [5.41, 5.74) is 1.01. The van der Waals surface area contributed by atoms with Gasteiger partial charge in [-0.05, 0) is 39.0 Å². The van der Waals surface area contributed by atoms with E-state index in [1.807, 2.05) is 6.92 Å². The molecule has 1 N–H and O–H groups in total. The zero-order chi connectivity index (χ0) is 15.0. The first kappa shape index (κ1) is 16.7. The molecule has 0 aromatic carbocycles. The number of nitrogens with zero attached hydrogens (tertiary/aromatic N) is 2. The van der Waals surface area contributed by atoms with E-state index in [0.29, 0.717) is 0 Å². The van der Waals surface area contributed by atoms with Crippen molar-refractivity contribution >= 4 is 5.82 Å². The third kappa shape index (κ3) is 5.35. The van der Waals surface area contributed by atoms with Crippen LogP contribution in [0.4, 0.5) is 5.82 Å². The molecule has 114 valence electrons. The normalized spacial score (nSPS) is 10.9. The van der Waals surface area contributed by atoms with Gasteiger partial charge in [-0.15, -0.1) is 0 Å². The molecule has 20 heavy (non-hydrogen) atoms. The van der Waals surface area contributed by atoms with Crippen molar-refractivity contribution in [3.8, 4) is 5.88 Å². The van der Waals surface area contributed by atoms with Crippen LogP contribution >= 0.6 is 0 Å². The molecule has 1 aromatic heterocycles. The molecule has 0 saturated carbocycles. The van der Waals surface area contributed by atoms with Crippen LogP contribution in [0.25, 0.3) is 0 Å². The Hall–Kier alpha value is -1.32. The molecular weight excluding hydrogens is 250 g/mol. The predicted molar refractivity (Wildman–Crippen MR) is 84.5 cm³/mol. The summed E-state index contributed by atoms with van der Waals surface area (Å²) in [7, 11) is 0. The Morgan fingerprint density at radius 1 is 1.20 bits per heavy atom. The molecule has 1 aromatic rings. The summed E-state index contributed by atoms with van der Waals surface area (Å²) in [5.74, 6) is 3.24. The van der Waals surface area contributed by atoms with Crippen LogP contribution in [0.15, 0.2) is 0 Å². The van der Waals surface area contributed by atoms with Crippen LogP contribution in [0, 0.1) is 12.8 Å². The zero-order valence-electron chi connectivity index (χ0n) is 13.6. The lowest BCUT2D eigenvalue weighted by Gasteiger charge is -2.14. The fourth-order valence-corrected chi connectivity index (χ4v) is 2.02. The smallest absolute Gasteiger partial charge is 0.221 e. The van der Waals surface area contributed by atoms with Crippen molar-refractivity contribution in [1.29, 1.82) is 0 Å². The second kappa shape index (κ2) is 8.77. The molecule has 1 heterocycles. The highest BCUT2D eigenvalue weighted by Gasteiger charge is 2.11. The van der Waals surface area contributed by atoms with E-state index in [4.69, 9.17) is 4.74 Å². The Morgan fingerprint density at radius 3 is 2.55 bits per heavy atom. The lowest BCUT2D eigenvalue weighted by atomic mass is 10.1. The van der Waals surface area contributed by atoms with E-state index in [9.17, 15) is 0 Å². The summed E-state index contributed by atoms with van der Waals surface area (Å²) < 4.78 is 5.87. The van der Waals surface area contributed by atoms with E-state index >= 15 is 0 Å². The van der Waals surface area contributed by atoms with Gasteiger partial charge in [-0.2, -0.15) is 4.98 Å². The first-order valence-electron chi connectivity index (χ1n) is 7.82. The second-order valence-electron chi connectivity index (χ2n) is 5.58. The predicted octanol–water partition coefficient (Wildman–Crippen LogP) is 3.98. The third-order valence-corrected chi connectivity index (χ3v) is 3.13. The molecule has 4 heteroatoms. The first-order chi connectivity index (χ1) is 9.58. The van der Waals surface area contributed by atoms with Crippen LogP contribution in [0.1, 0.15) is 58.3 Å². The van der Waals surface area contributed by atoms with E-state index < -0.39 is 0 Å². The average molecular weight is 279 g/mol. The van der Waals surface area contributed by atoms with Crippen molar-refractivity contribution < 1.29 is 4.74 Å². The van der Waals surface area contributed by atoms with Gasteiger partial charge in [0.1, 0.15) is 11.6 Å². The molecule has 0 aliphatic rings. The SMILES string of the molecule is CCCc1nc(NCC)c(C)c(OCCCC(C)C)n1. The Kier molecular flexibility index (Phi) is 7.34. The number of rotatable bonds is 9. The first-order valence-corrected chi connectivity index (χ1v) is 7.82. The van der Waals surface area contributed by atoms with Gasteiger partial charge in [0.15, 0.2) is 0 Å². The molecule has 0 unspecified atom stereocenters. The molecule has 0 bridgehead atoms. The van der Waals surface area contributed by atoms with Crippen molar-refractivity contribution in [3.63, 3.8) is 0 Å². The van der Waals surface area contributed by atoms with E-state index in [2.05, 4.69) is 43.0 Å². The number of anilines is 1. The Morgan fingerprint density at radius 2 is 1.95 bits per heavy atom. The van der Waals surface area contributed by atoms with Gasteiger partial charge in [0.05, 0.1) is 12.2 Å². The van der Waals surface area contributed by atoms with Gasteiger partial charge in [0.2, 0.25) is 5.88 Å². The number of ether oxygens (including phenoxy) is 1. The number of hydrogen-bond donors (Lipinski definition) is 1. The number of aromatic nitrogens is 2. The minimum atomic E-state index is 0.720. The Balaban J connectivity index is 2.76. The summed E-state index contributed by atoms with van der Waals surface area (Å²) in [6.45, 7) is 12.3. The average Bonchev–Trinajstić information content (AvgIpc) is 2.39. The third-order valence-electron chi connectivity index (χ3n) is 3.13. The summed E-state index contributed by atoms with van der Waals surface area (Å²) >= 11 is 0. The van der Waals surface area contributed by atoms with Gasteiger partial charge < -0.3 is 10.1 Å². The molecule has 0 aliphatic heterocycles. The van der Waals surface area contributed by atoms with Gasteiger partial charge in [-0.3, -0.25) is 0 Å². The highest BCUT2D eigenvalue weighted by molar-refractivity contribution is 5.48. The molecule has 0 amide bonds. The molecule has 0 radical (unpaired) electrons. The van der Waals surface area contributed by atoms with E-state index in [1.54, 1.807) is 0 Å². The number of nitrogens with one attached hydrogen (secondary N) is 1. The molecule has 0 spiro atoms. The standard InChI is InChI=1S/C16H29N3O/c1-6-9-14-18-15(17-7-2)13(5)16(19-14)20-11-8-10-12(3)4/h12H,6-11H2,1-5H3,(H,17,18,19). The summed E-state index contributed by atoms with van der Waals surface area (Å²) in [4.78, 5) is 9.11. The molecule has 0 fully saturated rings. The molecule has 0 saturated heterocycles. The molecule has 0 atom stereocenters. The maximum absolute atomic E-state index is 5.87. The second-order valence-corrected chi connectivity index (χ2v) is 5.58. The maximum Gasteiger partial charge on any atom is 0.221 e. The molecule has 1 rings (SSSR count). The lowest BCUT2D eigenvalue weighted by molar-refractivity contribution is 0.284. The van der Waals surface area contributed by atoms with E-state index in [0.717, 1.165) is 61.4 Å². The van der Waals surface area contributed by atoms with Crippen LogP contribution in [0.3, 0.4) is 0 Å². The van der Waals surface area contributed by atoms with E-state index in [-0.39, 0.29) is 0 Å². The van der Waals surface area contributed by atoms with Crippen LogP contribution in [0.5, 0.6) is 5.88 Å². The highest BCUT2D eigenvalue weighted by Crippen LogP contribution is 2.23. The number of hydrogen-bond acceptors (Lipinski definition) is 4. The van der Waals surface area contributed by atoms with Crippen LogP contribution in [-0.4, -0.2) is 23.1 Å². The van der Waals surface area contributed by atoms with Gasteiger partial charge in [0.25, 0.3) is 0 Å². The molecule has 4 nitrogen and oxygen atoms in total. The minimum absolute atomic E-state index is 0.720. The largest absolute Gasteiger partial charge is 0.477 e. The minimum Gasteiger partial charge on any atom is -0.477 e. The van der Waals surface area contributed by atoms with Crippen molar-refractivity contribution in [2.24, 2.45) is 5.92 Å². The van der Waals surface area contributed by atoms with Gasteiger partial charge in [-0.1, -0.05) is 20.8 Å². The summed E-state index contributed by atoms with van der Waals surface area (Å²) in [5, 5.41) is 3.29. The van der Waals surface area contributed by atoms with Crippen molar-refractivity contribution in [3.05, 3.63) is 11.4 Å². The summed E-state index contributed by atoms with van der Waals surface area (Å²) in [6, 6.07) is 0. The number of aryl methyl sites for hydroxylation is 1. The quantitative estimate of drug-likeness (QED) is 0.694. The van der Waals surface area contributed by atoms with Crippen molar-refractivity contribution in [2.45, 2.75) is 60.3 Å². The molecular formula is C16H29N3O.